The number of rotatable bonds is 5. The number of nitrogens with zero attached hydrogens (tertiary/aromatic N) is 7. The van der Waals surface area contributed by atoms with E-state index in [-0.39, 0.29) is 27.6 Å². The number of aromatic nitrogens is 3. The van der Waals surface area contributed by atoms with E-state index in [1.165, 1.54) is 0 Å². The number of nitrogen functional groups attached to an aromatic ring is 1. The maximum atomic E-state index is 11.8. The molecule has 0 saturated carbocycles. The molecule has 3 aromatic rings. The van der Waals surface area contributed by atoms with Crippen LogP contribution in [-0.2, 0) is 10.1 Å². The van der Waals surface area contributed by atoms with Gasteiger partial charge in [-0.25, -0.2) is 0 Å². The fourth-order valence-corrected chi connectivity index (χ4v) is 3.25. The lowest BCUT2D eigenvalue weighted by Gasteiger charge is -2.14. The van der Waals surface area contributed by atoms with E-state index in [0.717, 1.165) is 6.07 Å². The van der Waals surface area contributed by atoms with Crippen molar-refractivity contribution in [3.8, 4) is 0 Å². The number of hydrogen-bond donors (Lipinski definition) is 2. The number of azo groups is 1. The van der Waals surface area contributed by atoms with Crippen molar-refractivity contribution >= 4 is 50.1 Å². The number of hydrogen-bond acceptors (Lipinski definition) is 10. The molecule has 0 unspecified atom stereocenters. The van der Waals surface area contributed by atoms with Crippen LogP contribution in [0.2, 0.25) is 0 Å². The third-order valence-corrected chi connectivity index (χ3v) is 4.85. The largest absolute Gasteiger partial charge is 0.396 e. The van der Waals surface area contributed by atoms with Gasteiger partial charge in [-0.1, -0.05) is 24.3 Å². The van der Waals surface area contributed by atoms with E-state index >= 15 is 0 Å². The summed E-state index contributed by atoms with van der Waals surface area (Å²) in [5.74, 6) is 0.777. The maximum absolute atomic E-state index is 11.8. The quantitative estimate of drug-likeness (QED) is 0.363. The summed E-state index contributed by atoms with van der Waals surface area (Å²) in [5.41, 5.74) is 6.43. The van der Waals surface area contributed by atoms with Crippen LogP contribution in [0.5, 0.6) is 0 Å². The number of anilines is 3. The van der Waals surface area contributed by atoms with Crippen LogP contribution in [-0.4, -0.2) is 56.1 Å². The Kier molecular flexibility index (Phi) is 5.31. The van der Waals surface area contributed by atoms with Crippen LogP contribution in [0.3, 0.4) is 0 Å². The van der Waals surface area contributed by atoms with Gasteiger partial charge >= 0.3 is 0 Å². The van der Waals surface area contributed by atoms with Crippen molar-refractivity contribution < 1.29 is 13.0 Å². The van der Waals surface area contributed by atoms with E-state index in [1.54, 1.807) is 62.3 Å². The van der Waals surface area contributed by atoms with E-state index in [2.05, 4.69) is 25.2 Å². The lowest BCUT2D eigenvalue weighted by molar-refractivity contribution is 0.484. The zero-order valence-corrected chi connectivity index (χ0v) is 17.1. The second-order valence-electron chi connectivity index (χ2n) is 6.55. The molecule has 0 radical (unpaired) electrons. The first kappa shape index (κ1) is 20.4. The highest BCUT2D eigenvalue weighted by Crippen LogP contribution is 2.36. The van der Waals surface area contributed by atoms with Gasteiger partial charge < -0.3 is 15.5 Å². The molecule has 0 saturated heterocycles. The molecule has 1 heterocycles. The second-order valence-corrected chi connectivity index (χ2v) is 7.94. The van der Waals surface area contributed by atoms with E-state index < -0.39 is 10.1 Å². The molecule has 3 N–H and O–H groups in total. The van der Waals surface area contributed by atoms with Gasteiger partial charge in [-0.3, -0.25) is 4.55 Å². The standard InChI is InChI=1S/C17H20N8O3S/c1-24(2)16-19-15(20-17(21-16)25(3)4)23-22-12-9-13(29(26,27)28)10-7-5-6-8-11(10)14(12)18/h5-9H,18H2,1-4H3,(H,26,27,28). The zero-order chi connectivity index (χ0) is 21.3. The van der Waals surface area contributed by atoms with Crippen LogP contribution >= 0.6 is 0 Å². The highest BCUT2D eigenvalue weighted by Gasteiger charge is 2.18. The average molecular weight is 416 g/mol. The molecule has 0 atom stereocenters. The molecule has 3 rings (SSSR count). The number of benzene rings is 2. The molecule has 0 spiro atoms. The van der Waals surface area contributed by atoms with Crippen molar-refractivity contribution in [3.63, 3.8) is 0 Å². The van der Waals surface area contributed by atoms with Crippen molar-refractivity contribution in [3.05, 3.63) is 30.3 Å². The monoisotopic (exact) mass is 416 g/mol. The predicted octanol–water partition coefficient (Wildman–Crippen LogP) is 2.40. The van der Waals surface area contributed by atoms with Crippen molar-refractivity contribution in [2.75, 3.05) is 43.7 Å². The highest BCUT2D eigenvalue weighted by molar-refractivity contribution is 7.86. The zero-order valence-electron chi connectivity index (χ0n) is 16.3. The summed E-state index contributed by atoms with van der Waals surface area (Å²) < 4.78 is 33.2. The Labute approximate surface area is 167 Å². The first-order valence-electron chi connectivity index (χ1n) is 8.39. The lowest BCUT2D eigenvalue weighted by atomic mass is 10.1. The third kappa shape index (κ3) is 4.22. The van der Waals surface area contributed by atoms with E-state index in [1.807, 2.05) is 0 Å². The molecule has 0 aliphatic rings. The van der Waals surface area contributed by atoms with Crippen LogP contribution in [0, 0.1) is 0 Å². The van der Waals surface area contributed by atoms with Gasteiger partial charge in [0.15, 0.2) is 0 Å². The predicted molar refractivity (Wildman–Crippen MR) is 111 cm³/mol. The normalized spacial score (nSPS) is 11.9. The first-order valence-corrected chi connectivity index (χ1v) is 9.83. The van der Waals surface area contributed by atoms with Gasteiger partial charge in [0, 0.05) is 39.0 Å². The van der Waals surface area contributed by atoms with Crippen molar-refractivity contribution in [1.29, 1.82) is 0 Å². The summed E-state index contributed by atoms with van der Waals surface area (Å²) in [6.45, 7) is 0. The summed E-state index contributed by atoms with van der Waals surface area (Å²) in [6, 6.07) is 7.70. The van der Waals surface area contributed by atoms with E-state index in [0.29, 0.717) is 17.3 Å². The Bertz CT molecular complexity index is 1180. The first-order chi connectivity index (χ1) is 13.6. The minimum Gasteiger partial charge on any atom is -0.396 e. The molecule has 12 heteroatoms. The van der Waals surface area contributed by atoms with Gasteiger partial charge in [0.05, 0.1) is 5.69 Å². The Morgan fingerprint density at radius 3 is 2.00 bits per heavy atom. The SMILES string of the molecule is CN(C)c1nc(N=Nc2cc(S(=O)(=O)O)c3ccccc3c2N)nc(N(C)C)n1. The van der Waals surface area contributed by atoms with Gasteiger partial charge in [0.2, 0.25) is 11.9 Å². The molecule has 29 heavy (non-hydrogen) atoms. The fraction of sp³-hybridized carbons (Fsp3) is 0.235. The van der Waals surface area contributed by atoms with E-state index in [4.69, 9.17) is 5.73 Å². The number of fused-ring (bicyclic) bond motifs is 1. The molecule has 0 bridgehead atoms. The second kappa shape index (κ2) is 7.56. The molecular weight excluding hydrogens is 396 g/mol. The third-order valence-electron chi connectivity index (χ3n) is 3.95. The Morgan fingerprint density at radius 2 is 1.48 bits per heavy atom. The van der Waals surface area contributed by atoms with Gasteiger partial charge in [-0.15, -0.1) is 10.2 Å². The van der Waals surface area contributed by atoms with Crippen LogP contribution < -0.4 is 15.5 Å². The molecule has 1 aromatic heterocycles. The summed E-state index contributed by atoms with van der Waals surface area (Å²) in [5, 5.41) is 8.76. The van der Waals surface area contributed by atoms with Gasteiger partial charge in [-0.2, -0.15) is 23.4 Å². The maximum Gasteiger partial charge on any atom is 0.295 e. The summed E-state index contributed by atoms with van der Waals surface area (Å²) in [7, 11) is 2.59. The summed E-state index contributed by atoms with van der Waals surface area (Å²) in [4.78, 5) is 15.8. The Hall–Kier alpha value is -3.38. The Balaban J connectivity index is 2.16. The molecule has 2 aromatic carbocycles. The van der Waals surface area contributed by atoms with Gasteiger partial charge in [-0.05, 0) is 6.07 Å². The fourth-order valence-electron chi connectivity index (χ4n) is 2.53. The molecule has 152 valence electrons. The molecule has 0 aliphatic carbocycles. The average Bonchev–Trinajstić information content (AvgIpc) is 2.66. The topological polar surface area (TPSA) is 150 Å². The van der Waals surface area contributed by atoms with Crippen LogP contribution in [0.25, 0.3) is 10.8 Å². The minimum absolute atomic E-state index is 0.0216. The lowest BCUT2D eigenvalue weighted by Crippen LogP contribution is -2.18. The molecule has 0 amide bonds. The minimum atomic E-state index is -4.50. The smallest absolute Gasteiger partial charge is 0.295 e. The highest BCUT2D eigenvalue weighted by atomic mass is 32.2. The van der Waals surface area contributed by atoms with Crippen LogP contribution in [0.1, 0.15) is 0 Å². The molecule has 0 aliphatic heterocycles. The molecule has 11 nitrogen and oxygen atoms in total. The van der Waals surface area contributed by atoms with Crippen LogP contribution in [0.15, 0.2) is 45.5 Å². The summed E-state index contributed by atoms with van der Waals surface area (Å²) >= 11 is 0. The molecule has 0 fully saturated rings. The van der Waals surface area contributed by atoms with Crippen LogP contribution in [0.4, 0.5) is 29.2 Å². The van der Waals surface area contributed by atoms with Crippen molar-refractivity contribution in [2.45, 2.75) is 4.90 Å². The number of nitrogens with two attached hydrogens (primary N) is 1. The van der Waals surface area contributed by atoms with Gasteiger partial charge in [0.25, 0.3) is 16.1 Å². The molecular formula is C17H20N8O3S. The summed E-state index contributed by atoms with van der Waals surface area (Å²) in [6.07, 6.45) is 0. The van der Waals surface area contributed by atoms with Crippen molar-refractivity contribution in [1.82, 2.24) is 15.0 Å². The van der Waals surface area contributed by atoms with Crippen molar-refractivity contribution in [2.24, 2.45) is 10.2 Å². The van der Waals surface area contributed by atoms with E-state index in [9.17, 15) is 13.0 Å². The Morgan fingerprint density at radius 1 is 0.931 bits per heavy atom. The van der Waals surface area contributed by atoms with Gasteiger partial charge in [0.1, 0.15) is 10.6 Å².